The number of anilines is 1. The monoisotopic (exact) mass is 340 g/mol. The van der Waals surface area contributed by atoms with Crippen LogP contribution in [0.2, 0.25) is 0 Å². The lowest BCUT2D eigenvalue weighted by Gasteiger charge is -2.14. The number of aryl methyl sites for hydroxylation is 4. The highest BCUT2D eigenvalue weighted by atomic mass is 16.5. The SMILES string of the molecule is CCc1cccc(C)c1NC(=O)NCCCOc1c(C)cccc1C. The minimum atomic E-state index is -0.170. The second kappa shape index (κ2) is 9.11. The molecule has 0 unspecified atom stereocenters. The third kappa shape index (κ3) is 5.24. The molecule has 25 heavy (non-hydrogen) atoms. The predicted octanol–water partition coefficient (Wildman–Crippen LogP) is 4.76. The summed E-state index contributed by atoms with van der Waals surface area (Å²) in [6.07, 6.45) is 1.65. The van der Waals surface area contributed by atoms with Gasteiger partial charge in [-0.3, -0.25) is 0 Å². The third-order valence-electron chi connectivity index (χ3n) is 4.24. The van der Waals surface area contributed by atoms with Crippen LogP contribution in [0.15, 0.2) is 36.4 Å². The van der Waals surface area contributed by atoms with E-state index >= 15 is 0 Å². The first-order valence-corrected chi connectivity index (χ1v) is 8.85. The van der Waals surface area contributed by atoms with Crippen molar-refractivity contribution in [2.75, 3.05) is 18.5 Å². The number of hydrogen-bond acceptors (Lipinski definition) is 2. The highest BCUT2D eigenvalue weighted by molar-refractivity contribution is 5.91. The second-order valence-electron chi connectivity index (χ2n) is 6.27. The highest BCUT2D eigenvalue weighted by Crippen LogP contribution is 2.22. The van der Waals surface area contributed by atoms with E-state index < -0.39 is 0 Å². The van der Waals surface area contributed by atoms with E-state index in [2.05, 4.69) is 17.6 Å². The third-order valence-corrected chi connectivity index (χ3v) is 4.24. The molecule has 0 saturated carbocycles. The van der Waals surface area contributed by atoms with Crippen LogP contribution in [-0.4, -0.2) is 19.2 Å². The van der Waals surface area contributed by atoms with Gasteiger partial charge < -0.3 is 15.4 Å². The van der Waals surface area contributed by atoms with E-state index in [1.54, 1.807) is 0 Å². The van der Waals surface area contributed by atoms with Gasteiger partial charge in [-0.2, -0.15) is 0 Å². The number of carbonyl (C=O) groups is 1. The Bertz CT molecular complexity index is 706. The first-order chi connectivity index (χ1) is 12.0. The van der Waals surface area contributed by atoms with Crippen molar-refractivity contribution in [3.05, 3.63) is 58.7 Å². The molecule has 0 aliphatic carbocycles. The molecule has 4 heteroatoms. The molecule has 0 saturated heterocycles. The average molecular weight is 340 g/mol. The molecule has 0 fully saturated rings. The first kappa shape index (κ1) is 18.8. The largest absolute Gasteiger partial charge is 0.493 e. The predicted molar refractivity (Wildman–Crippen MR) is 104 cm³/mol. The van der Waals surface area contributed by atoms with Crippen molar-refractivity contribution in [3.8, 4) is 5.75 Å². The summed E-state index contributed by atoms with van der Waals surface area (Å²) in [6.45, 7) is 9.33. The summed E-state index contributed by atoms with van der Waals surface area (Å²) >= 11 is 0. The van der Waals surface area contributed by atoms with Crippen molar-refractivity contribution in [1.29, 1.82) is 0 Å². The molecule has 0 bridgehead atoms. The number of nitrogens with one attached hydrogen (secondary N) is 2. The van der Waals surface area contributed by atoms with Gasteiger partial charge in [0.1, 0.15) is 5.75 Å². The van der Waals surface area contributed by atoms with Crippen LogP contribution in [0.4, 0.5) is 10.5 Å². The van der Waals surface area contributed by atoms with Crippen molar-refractivity contribution in [3.63, 3.8) is 0 Å². The molecular formula is C21H28N2O2. The molecule has 0 aromatic heterocycles. The van der Waals surface area contributed by atoms with E-state index in [0.29, 0.717) is 13.2 Å². The molecular weight excluding hydrogens is 312 g/mol. The number of amides is 2. The number of urea groups is 1. The number of rotatable bonds is 7. The van der Waals surface area contributed by atoms with Crippen molar-refractivity contribution in [1.82, 2.24) is 5.32 Å². The van der Waals surface area contributed by atoms with E-state index in [1.165, 1.54) is 0 Å². The topological polar surface area (TPSA) is 50.4 Å². The smallest absolute Gasteiger partial charge is 0.319 e. The summed E-state index contributed by atoms with van der Waals surface area (Å²) in [6, 6.07) is 12.0. The zero-order chi connectivity index (χ0) is 18.2. The average Bonchev–Trinajstić information content (AvgIpc) is 2.58. The number of para-hydroxylation sites is 2. The Labute approximate surface area is 150 Å². The maximum absolute atomic E-state index is 12.1. The Morgan fingerprint density at radius 1 is 1.00 bits per heavy atom. The summed E-state index contributed by atoms with van der Waals surface area (Å²) in [5.41, 5.74) is 5.41. The molecule has 0 spiro atoms. The van der Waals surface area contributed by atoms with Crippen molar-refractivity contribution in [2.45, 2.75) is 40.5 Å². The number of hydrogen-bond donors (Lipinski definition) is 2. The normalized spacial score (nSPS) is 10.4. The quantitative estimate of drug-likeness (QED) is 0.714. The van der Waals surface area contributed by atoms with Crippen LogP contribution < -0.4 is 15.4 Å². The highest BCUT2D eigenvalue weighted by Gasteiger charge is 2.08. The molecule has 0 radical (unpaired) electrons. The van der Waals surface area contributed by atoms with Gasteiger partial charge in [0, 0.05) is 12.2 Å². The van der Waals surface area contributed by atoms with Gasteiger partial charge in [-0.05, 0) is 55.9 Å². The van der Waals surface area contributed by atoms with E-state index in [-0.39, 0.29) is 6.03 Å². The molecule has 2 aromatic rings. The second-order valence-corrected chi connectivity index (χ2v) is 6.27. The van der Waals surface area contributed by atoms with E-state index in [0.717, 1.165) is 46.5 Å². The van der Waals surface area contributed by atoms with Gasteiger partial charge >= 0.3 is 6.03 Å². The Kier molecular flexibility index (Phi) is 6.87. The zero-order valence-corrected chi connectivity index (χ0v) is 15.6. The van der Waals surface area contributed by atoms with Crippen LogP contribution in [-0.2, 0) is 6.42 Å². The molecule has 4 nitrogen and oxygen atoms in total. The van der Waals surface area contributed by atoms with Crippen LogP contribution in [0.1, 0.15) is 35.6 Å². The van der Waals surface area contributed by atoms with E-state index in [1.807, 2.05) is 57.2 Å². The number of ether oxygens (including phenoxy) is 1. The fourth-order valence-electron chi connectivity index (χ4n) is 2.83. The van der Waals surface area contributed by atoms with Gasteiger partial charge in [0.05, 0.1) is 6.61 Å². The van der Waals surface area contributed by atoms with Crippen LogP contribution in [0.25, 0.3) is 0 Å². The summed E-state index contributed by atoms with van der Waals surface area (Å²) in [5.74, 6) is 0.944. The van der Waals surface area contributed by atoms with Crippen LogP contribution >= 0.6 is 0 Å². The van der Waals surface area contributed by atoms with E-state index in [4.69, 9.17) is 4.74 Å². The maximum atomic E-state index is 12.1. The van der Waals surface area contributed by atoms with Gasteiger partial charge in [-0.15, -0.1) is 0 Å². The van der Waals surface area contributed by atoms with Crippen molar-refractivity contribution < 1.29 is 9.53 Å². The fraction of sp³-hybridized carbons (Fsp3) is 0.381. The lowest BCUT2D eigenvalue weighted by Crippen LogP contribution is -2.31. The van der Waals surface area contributed by atoms with Crippen LogP contribution in [0, 0.1) is 20.8 Å². The standard InChI is InChI=1S/C21H28N2O2/c1-5-18-12-7-9-15(2)19(18)23-21(24)22-13-8-14-25-20-16(3)10-6-11-17(20)4/h6-7,9-12H,5,8,13-14H2,1-4H3,(H2,22,23,24). The minimum Gasteiger partial charge on any atom is -0.493 e. The van der Waals surface area contributed by atoms with Crippen molar-refractivity contribution >= 4 is 11.7 Å². The van der Waals surface area contributed by atoms with Crippen LogP contribution in [0.3, 0.4) is 0 Å². The van der Waals surface area contributed by atoms with Gasteiger partial charge in [0.25, 0.3) is 0 Å². The molecule has 2 rings (SSSR count). The maximum Gasteiger partial charge on any atom is 0.319 e. The van der Waals surface area contributed by atoms with Gasteiger partial charge in [-0.1, -0.05) is 43.3 Å². The molecule has 0 heterocycles. The summed E-state index contributed by atoms with van der Waals surface area (Å²) in [5, 5.41) is 5.86. The van der Waals surface area contributed by atoms with Crippen LogP contribution in [0.5, 0.6) is 5.75 Å². The Hall–Kier alpha value is -2.49. The van der Waals surface area contributed by atoms with Crippen molar-refractivity contribution in [2.24, 2.45) is 0 Å². The Morgan fingerprint density at radius 2 is 1.64 bits per heavy atom. The lowest BCUT2D eigenvalue weighted by atomic mass is 10.1. The Balaban J connectivity index is 1.76. The van der Waals surface area contributed by atoms with Gasteiger partial charge in [0.2, 0.25) is 0 Å². The molecule has 2 amide bonds. The summed E-state index contributed by atoms with van der Waals surface area (Å²) in [7, 11) is 0. The van der Waals surface area contributed by atoms with E-state index in [9.17, 15) is 4.79 Å². The van der Waals surface area contributed by atoms with Gasteiger partial charge in [-0.25, -0.2) is 4.79 Å². The number of benzene rings is 2. The molecule has 2 N–H and O–H groups in total. The molecule has 0 atom stereocenters. The lowest BCUT2D eigenvalue weighted by molar-refractivity contribution is 0.250. The molecule has 2 aromatic carbocycles. The molecule has 0 aliphatic heterocycles. The molecule has 134 valence electrons. The summed E-state index contributed by atoms with van der Waals surface area (Å²) in [4.78, 5) is 12.1. The van der Waals surface area contributed by atoms with Gasteiger partial charge in [0.15, 0.2) is 0 Å². The first-order valence-electron chi connectivity index (χ1n) is 8.85. The number of carbonyl (C=O) groups excluding carboxylic acids is 1. The zero-order valence-electron chi connectivity index (χ0n) is 15.6. The molecule has 0 aliphatic rings. The summed E-state index contributed by atoms with van der Waals surface area (Å²) < 4.78 is 5.85. The Morgan fingerprint density at radius 3 is 2.32 bits per heavy atom. The fourth-order valence-corrected chi connectivity index (χ4v) is 2.83. The minimum absolute atomic E-state index is 0.170.